The van der Waals surface area contributed by atoms with Gasteiger partial charge < -0.3 is 35.1 Å². The summed E-state index contributed by atoms with van der Waals surface area (Å²) in [6.07, 6.45) is -3.18. The molecule has 1 aliphatic heterocycles. The van der Waals surface area contributed by atoms with Crippen molar-refractivity contribution in [1.82, 2.24) is 10.6 Å². The maximum Gasteiger partial charge on any atom is 0.431 e. The quantitative estimate of drug-likeness (QED) is 0.0879. The number of rotatable bonds is 16. The van der Waals surface area contributed by atoms with Gasteiger partial charge in [0.15, 0.2) is 0 Å². The second-order valence-corrected chi connectivity index (χ2v) is 10.4. The molecule has 2 aromatic carbocycles. The van der Waals surface area contributed by atoms with Crippen LogP contribution in [0.1, 0.15) is 44.1 Å². The first kappa shape index (κ1) is 35.8. The van der Waals surface area contributed by atoms with Gasteiger partial charge in [-0.05, 0) is 44.0 Å². The molecule has 0 saturated carbocycles. The van der Waals surface area contributed by atoms with Crippen molar-refractivity contribution in [3.8, 4) is 11.5 Å². The lowest BCUT2D eigenvalue weighted by Crippen LogP contribution is -2.38. The Morgan fingerprint density at radius 1 is 1.07 bits per heavy atom. The average molecular weight is 652 g/mol. The molecule has 2 aromatic rings. The minimum atomic E-state index is -5.03. The van der Waals surface area contributed by atoms with E-state index in [0.717, 1.165) is 32.1 Å². The number of nitro benzene ring substituents is 1. The number of alkyl halides is 3. The Labute approximate surface area is 263 Å². The average Bonchev–Trinajstić information content (AvgIpc) is 3.01. The molecule has 0 radical (unpaired) electrons. The van der Waals surface area contributed by atoms with Crippen molar-refractivity contribution in [3.05, 3.63) is 86.7 Å². The number of nitro groups is 1. The fraction of sp³-hybridized carbons (Fsp3) is 0.419. The number of esters is 2. The maximum absolute atomic E-state index is 14.0. The molecule has 12 nitrogen and oxygen atoms in total. The molecule has 46 heavy (non-hydrogen) atoms. The van der Waals surface area contributed by atoms with Crippen molar-refractivity contribution in [1.29, 1.82) is 0 Å². The van der Waals surface area contributed by atoms with E-state index in [1.165, 1.54) is 31.2 Å². The van der Waals surface area contributed by atoms with E-state index in [-0.39, 0.29) is 35.8 Å². The number of aliphatic hydroxyl groups excluding tert-OH is 1. The Morgan fingerprint density at radius 2 is 1.78 bits per heavy atom. The van der Waals surface area contributed by atoms with Crippen LogP contribution in [0.15, 0.2) is 71.1 Å². The molecule has 3 rings (SSSR count). The number of hydrogen-bond donors (Lipinski definition) is 4. The Kier molecular flexibility index (Phi) is 12.9. The number of unbranched alkanes of at least 4 members (excludes halogenated alkanes) is 3. The number of phenols is 1. The normalized spacial score (nSPS) is 15.7. The minimum Gasteiger partial charge on any atom is -0.508 e. The first-order valence-corrected chi connectivity index (χ1v) is 14.4. The molecule has 15 heteroatoms. The molecule has 1 heterocycles. The van der Waals surface area contributed by atoms with E-state index in [2.05, 4.69) is 15.4 Å². The Balaban J connectivity index is 1.54. The van der Waals surface area contributed by atoms with E-state index in [4.69, 9.17) is 9.47 Å². The van der Waals surface area contributed by atoms with Crippen molar-refractivity contribution in [2.75, 3.05) is 33.4 Å². The van der Waals surface area contributed by atoms with Gasteiger partial charge in [0.05, 0.1) is 35.7 Å². The summed E-state index contributed by atoms with van der Waals surface area (Å²) in [5, 5.41) is 36.1. The number of nitrogens with one attached hydrogen (secondary N) is 2. The molecular weight excluding hydrogens is 615 g/mol. The molecule has 2 atom stereocenters. The third-order valence-corrected chi connectivity index (χ3v) is 7.01. The first-order valence-electron chi connectivity index (χ1n) is 14.4. The van der Waals surface area contributed by atoms with E-state index in [1.54, 1.807) is 12.1 Å². The molecule has 250 valence electrons. The zero-order valence-corrected chi connectivity index (χ0v) is 25.3. The second kappa shape index (κ2) is 16.6. The summed E-state index contributed by atoms with van der Waals surface area (Å²) in [5.74, 6) is -3.49. The van der Waals surface area contributed by atoms with Crippen LogP contribution in [-0.2, 0) is 19.1 Å². The number of aromatic hydroxyl groups is 1. The Hall–Kier alpha value is -4.63. The van der Waals surface area contributed by atoms with E-state index >= 15 is 0 Å². The van der Waals surface area contributed by atoms with E-state index in [1.807, 2.05) is 0 Å². The predicted molar refractivity (Wildman–Crippen MR) is 159 cm³/mol. The lowest BCUT2D eigenvalue weighted by Gasteiger charge is -2.31. The third-order valence-electron chi connectivity index (χ3n) is 7.01. The second-order valence-electron chi connectivity index (χ2n) is 10.4. The highest BCUT2D eigenvalue weighted by Crippen LogP contribution is 2.44. The Bertz CT molecular complexity index is 1460. The number of allylic oxidation sites excluding steroid dienone is 2. The standard InChI is InChI=1S/C31H36F3N3O9/c1-19-25(26(20-9-7-10-21(15-20)37(42)43)27(29(40)44-2)28(36-19)31(32,33)34)30(41)45-14-6-4-3-5-13-35-17-23(39)18-46-24-12-8-11-22(38)16-24/h7-12,15-16,23,26,35-36,38-39H,3-6,13-14,17-18H2,1-2H3. The van der Waals surface area contributed by atoms with Gasteiger partial charge in [0.25, 0.3) is 5.69 Å². The van der Waals surface area contributed by atoms with Gasteiger partial charge in [-0.1, -0.05) is 31.0 Å². The van der Waals surface area contributed by atoms with Crippen LogP contribution in [-0.4, -0.2) is 72.8 Å². The van der Waals surface area contributed by atoms with Gasteiger partial charge in [-0.25, -0.2) is 9.59 Å². The summed E-state index contributed by atoms with van der Waals surface area (Å²) < 4.78 is 57.5. The highest BCUT2D eigenvalue weighted by Gasteiger charge is 2.47. The molecule has 0 spiro atoms. The molecule has 0 aliphatic carbocycles. The number of dihydropyridines is 1. The van der Waals surface area contributed by atoms with Gasteiger partial charge in [-0.3, -0.25) is 10.1 Å². The van der Waals surface area contributed by atoms with Crippen molar-refractivity contribution in [2.24, 2.45) is 0 Å². The van der Waals surface area contributed by atoms with E-state index in [9.17, 15) is 43.1 Å². The van der Waals surface area contributed by atoms with Crippen LogP contribution in [0.25, 0.3) is 0 Å². The van der Waals surface area contributed by atoms with Gasteiger partial charge in [0, 0.05) is 30.4 Å². The zero-order chi connectivity index (χ0) is 33.9. The summed E-state index contributed by atoms with van der Waals surface area (Å²) in [6, 6.07) is 10.9. The van der Waals surface area contributed by atoms with E-state index < -0.39 is 52.0 Å². The number of carbonyl (C=O) groups excluding carboxylic acids is 2. The number of benzene rings is 2. The number of ether oxygens (including phenoxy) is 3. The highest BCUT2D eigenvalue weighted by atomic mass is 19.4. The third kappa shape index (κ3) is 9.94. The van der Waals surface area contributed by atoms with Gasteiger partial charge in [0.1, 0.15) is 29.9 Å². The predicted octanol–water partition coefficient (Wildman–Crippen LogP) is 4.38. The topological polar surface area (TPSA) is 169 Å². The summed E-state index contributed by atoms with van der Waals surface area (Å²) in [4.78, 5) is 36.6. The van der Waals surface area contributed by atoms with Gasteiger partial charge >= 0.3 is 18.1 Å². The fourth-order valence-corrected chi connectivity index (χ4v) is 4.84. The van der Waals surface area contributed by atoms with Crippen LogP contribution < -0.4 is 15.4 Å². The molecule has 2 unspecified atom stereocenters. The number of phenolic OH excluding ortho intramolecular Hbond substituents is 1. The molecule has 4 N–H and O–H groups in total. The first-order chi connectivity index (χ1) is 21.8. The lowest BCUT2D eigenvalue weighted by atomic mass is 9.80. The van der Waals surface area contributed by atoms with Crippen molar-refractivity contribution >= 4 is 17.6 Å². The molecular formula is C31H36F3N3O9. The molecule has 1 aliphatic rings. The number of aliphatic hydroxyl groups is 1. The summed E-state index contributed by atoms with van der Waals surface area (Å²) in [6.45, 7) is 2.12. The smallest absolute Gasteiger partial charge is 0.431 e. The van der Waals surface area contributed by atoms with Crippen LogP contribution in [0.2, 0.25) is 0 Å². The highest BCUT2D eigenvalue weighted by molar-refractivity contribution is 6.00. The monoisotopic (exact) mass is 651 g/mol. The number of non-ortho nitro benzene ring substituents is 1. The largest absolute Gasteiger partial charge is 0.508 e. The minimum absolute atomic E-state index is 0.0453. The molecule has 0 fully saturated rings. The zero-order valence-electron chi connectivity index (χ0n) is 25.3. The van der Waals surface area contributed by atoms with Crippen LogP contribution in [0, 0.1) is 10.1 Å². The lowest BCUT2D eigenvalue weighted by molar-refractivity contribution is -0.384. The molecule has 0 bridgehead atoms. The molecule has 0 amide bonds. The van der Waals surface area contributed by atoms with Gasteiger partial charge in [0.2, 0.25) is 0 Å². The van der Waals surface area contributed by atoms with Crippen molar-refractivity contribution < 1.29 is 52.1 Å². The number of hydrogen-bond acceptors (Lipinski definition) is 11. The maximum atomic E-state index is 14.0. The molecule has 0 saturated heterocycles. The summed E-state index contributed by atoms with van der Waals surface area (Å²) in [5.41, 5.74) is -3.41. The van der Waals surface area contributed by atoms with E-state index in [0.29, 0.717) is 31.7 Å². The summed E-state index contributed by atoms with van der Waals surface area (Å²) >= 11 is 0. The fourth-order valence-electron chi connectivity index (χ4n) is 4.84. The van der Waals surface area contributed by atoms with Gasteiger partial charge in [-0.2, -0.15) is 13.2 Å². The SMILES string of the molecule is COC(=O)C1=C(C(F)(F)F)NC(C)=C(C(=O)OCCCCCCNCC(O)COc2cccc(O)c2)C1c1cccc([N+](=O)[O-])c1. The number of nitrogens with zero attached hydrogens (tertiary/aromatic N) is 1. The number of methoxy groups -OCH3 is 1. The van der Waals surface area contributed by atoms with Crippen LogP contribution in [0.3, 0.4) is 0 Å². The van der Waals surface area contributed by atoms with Crippen molar-refractivity contribution in [3.63, 3.8) is 0 Å². The van der Waals surface area contributed by atoms with Gasteiger partial charge in [-0.15, -0.1) is 0 Å². The number of halogens is 3. The Morgan fingerprint density at radius 3 is 2.46 bits per heavy atom. The number of carbonyl (C=O) groups is 2. The molecule has 0 aromatic heterocycles. The van der Waals surface area contributed by atoms with Crippen LogP contribution in [0.4, 0.5) is 18.9 Å². The van der Waals surface area contributed by atoms with Crippen LogP contribution in [0.5, 0.6) is 11.5 Å². The van der Waals surface area contributed by atoms with Crippen molar-refractivity contribution in [2.45, 2.75) is 50.8 Å². The van der Waals surface area contributed by atoms with Crippen LogP contribution >= 0.6 is 0 Å². The summed E-state index contributed by atoms with van der Waals surface area (Å²) in [7, 11) is 0.891.